The molecule has 42 heavy (non-hydrogen) atoms. The number of thiophene rings is 1. The number of hydrogen-bond acceptors (Lipinski definition) is 7. The molecule has 210 valence electrons. The van der Waals surface area contributed by atoms with E-state index in [0.29, 0.717) is 40.9 Å². The zero-order valence-electron chi connectivity index (χ0n) is 22.6. The second-order valence-corrected chi connectivity index (χ2v) is 12.3. The number of pyridine rings is 2. The number of imidazole rings is 1. The van der Waals surface area contributed by atoms with Crippen molar-refractivity contribution in [1.29, 1.82) is 0 Å². The minimum Gasteiger partial charge on any atom is -0.335 e. The molecule has 0 aromatic carbocycles. The van der Waals surface area contributed by atoms with Gasteiger partial charge in [-0.1, -0.05) is 17.7 Å². The van der Waals surface area contributed by atoms with Crippen molar-refractivity contribution < 1.29 is 13.6 Å². The number of nitrogens with zero attached hydrogens (tertiary/aromatic N) is 5. The van der Waals surface area contributed by atoms with E-state index < -0.39 is 5.92 Å². The summed E-state index contributed by atoms with van der Waals surface area (Å²) in [6.45, 7) is 2.26. The van der Waals surface area contributed by atoms with Crippen molar-refractivity contribution in [3.05, 3.63) is 76.6 Å². The highest BCUT2D eigenvalue weighted by Gasteiger charge is 2.38. The number of allylic oxidation sites excluding steroid dienone is 4. The lowest BCUT2D eigenvalue weighted by Crippen LogP contribution is -2.26. The highest BCUT2D eigenvalue weighted by atomic mass is 32.1. The molecule has 1 unspecified atom stereocenters. The summed E-state index contributed by atoms with van der Waals surface area (Å²) in [5.41, 5.74) is 8.52. The van der Waals surface area contributed by atoms with Crippen LogP contribution in [0.25, 0.3) is 49.6 Å². The third-order valence-corrected chi connectivity index (χ3v) is 9.28. The van der Waals surface area contributed by atoms with E-state index in [1.165, 1.54) is 16.9 Å². The van der Waals surface area contributed by atoms with E-state index >= 15 is 0 Å². The number of aromatic nitrogens is 6. The highest BCUT2D eigenvalue weighted by Crippen LogP contribution is 2.44. The molecule has 3 aliphatic rings. The number of likely N-dealkylation sites (tertiary alicyclic amines) is 1. The predicted octanol–water partition coefficient (Wildman–Crippen LogP) is 6.44. The second-order valence-electron chi connectivity index (χ2n) is 11.2. The first-order chi connectivity index (χ1) is 20.3. The molecule has 0 amide bonds. The lowest BCUT2D eigenvalue weighted by molar-refractivity contribution is 0.0131. The van der Waals surface area contributed by atoms with Crippen LogP contribution < -0.4 is 0 Å². The summed E-state index contributed by atoms with van der Waals surface area (Å²) in [5.74, 6) is -1.67. The van der Waals surface area contributed by atoms with Crippen LogP contribution in [0.4, 0.5) is 8.78 Å². The van der Waals surface area contributed by atoms with Crippen LogP contribution in [0.15, 0.2) is 66.0 Å². The lowest BCUT2D eigenvalue weighted by atomic mass is 10.1. The zero-order chi connectivity index (χ0) is 28.6. The fourth-order valence-electron chi connectivity index (χ4n) is 5.84. The Morgan fingerprint density at radius 3 is 2.83 bits per heavy atom. The Hall–Kier alpha value is -4.35. The minimum atomic E-state index is -2.61. The first-order valence-electron chi connectivity index (χ1n) is 13.8. The molecule has 0 bridgehead atoms. The van der Waals surface area contributed by atoms with Crippen molar-refractivity contribution >= 4 is 44.8 Å². The van der Waals surface area contributed by atoms with Crippen LogP contribution in [0, 0.1) is 5.92 Å². The molecular weight excluding hydrogens is 556 g/mol. The number of carbonyl (C=O) groups is 1. The summed E-state index contributed by atoms with van der Waals surface area (Å²) >= 11 is 1.42. The zero-order valence-corrected chi connectivity index (χ0v) is 23.4. The molecule has 0 radical (unpaired) electrons. The third-order valence-electron chi connectivity index (χ3n) is 8.06. The molecule has 2 aliphatic carbocycles. The van der Waals surface area contributed by atoms with E-state index in [4.69, 9.17) is 9.97 Å². The van der Waals surface area contributed by atoms with Gasteiger partial charge in [0.2, 0.25) is 0 Å². The van der Waals surface area contributed by atoms with Gasteiger partial charge in [-0.3, -0.25) is 19.8 Å². The number of Topliss-reactive ketones (excluding diaryl/α,β-unsaturated/α-hetero) is 1. The Balaban J connectivity index is 1.15. The Kier molecular flexibility index (Phi) is 5.64. The van der Waals surface area contributed by atoms with Crippen molar-refractivity contribution in [3.63, 3.8) is 0 Å². The second kappa shape index (κ2) is 9.33. The number of nitrogens with one attached hydrogen (secondary N) is 2. The molecule has 8 nitrogen and oxygen atoms in total. The van der Waals surface area contributed by atoms with Crippen molar-refractivity contribution in [2.24, 2.45) is 5.92 Å². The number of carbonyl (C=O) groups excluding carboxylic acids is 1. The quantitative estimate of drug-likeness (QED) is 0.224. The van der Waals surface area contributed by atoms with Gasteiger partial charge in [-0.25, -0.2) is 18.7 Å². The SMILES string of the molecule is CC(=O)c1ccc(-c2cncc3[nH]c(-c4n[nH]c5ccc(C6=CC7CC7=CC(CN7CCC(F)(F)C7)=C6)nc45)nc23)s1. The van der Waals surface area contributed by atoms with Gasteiger partial charge in [-0.2, -0.15) is 5.10 Å². The number of hydrogen-bond donors (Lipinski definition) is 2. The van der Waals surface area contributed by atoms with Crippen LogP contribution in [-0.2, 0) is 0 Å². The number of H-pyrrole nitrogens is 2. The third kappa shape index (κ3) is 4.49. The molecule has 0 spiro atoms. The van der Waals surface area contributed by atoms with Crippen LogP contribution in [0.1, 0.15) is 35.1 Å². The number of alkyl halides is 2. The molecule has 6 heterocycles. The summed E-state index contributed by atoms with van der Waals surface area (Å²) in [7, 11) is 0. The van der Waals surface area contributed by atoms with E-state index in [1.807, 2.05) is 29.2 Å². The Bertz CT molecular complexity index is 2010. The maximum absolute atomic E-state index is 13.8. The van der Waals surface area contributed by atoms with E-state index in [-0.39, 0.29) is 18.7 Å². The van der Waals surface area contributed by atoms with E-state index in [2.05, 4.69) is 38.4 Å². The molecule has 2 fully saturated rings. The molecule has 2 N–H and O–H groups in total. The average molecular weight is 582 g/mol. The summed E-state index contributed by atoms with van der Waals surface area (Å²) < 4.78 is 27.7. The van der Waals surface area contributed by atoms with Crippen LogP contribution in [0.3, 0.4) is 0 Å². The molecule has 1 aliphatic heterocycles. The number of fused-ring (bicyclic) bond motifs is 3. The largest absolute Gasteiger partial charge is 0.335 e. The predicted molar refractivity (Wildman–Crippen MR) is 158 cm³/mol. The molecule has 5 aromatic rings. The molecule has 1 atom stereocenters. The summed E-state index contributed by atoms with van der Waals surface area (Å²) in [6.07, 6.45) is 10.9. The first kappa shape index (κ1) is 25.4. The molecule has 8 rings (SSSR count). The first-order valence-corrected chi connectivity index (χ1v) is 14.7. The fourth-order valence-corrected chi connectivity index (χ4v) is 6.76. The van der Waals surface area contributed by atoms with Gasteiger partial charge in [-0.05, 0) is 54.8 Å². The van der Waals surface area contributed by atoms with Gasteiger partial charge in [0.25, 0.3) is 5.92 Å². The summed E-state index contributed by atoms with van der Waals surface area (Å²) in [5, 5.41) is 7.62. The summed E-state index contributed by atoms with van der Waals surface area (Å²) in [4.78, 5) is 32.9. The van der Waals surface area contributed by atoms with Gasteiger partial charge in [0.1, 0.15) is 11.0 Å². The average Bonchev–Trinajstić information content (AvgIpc) is 3.39. The van der Waals surface area contributed by atoms with E-state index in [0.717, 1.165) is 50.3 Å². The maximum Gasteiger partial charge on any atom is 0.261 e. The monoisotopic (exact) mass is 581 g/mol. The van der Waals surface area contributed by atoms with Crippen LogP contribution in [0.2, 0.25) is 0 Å². The molecule has 1 saturated heterocycles. The Morgan fingerprint density at radius 2 is 2.02 bits per heavy atom. The van der Waals surface area contributed by atoms with E-state index in [1.54, 1.807) is 19.3 Å². The maximum atomic E-state index is 13.8. The van der Waals surface area contributed by atoms with Crippen molar-refractivity contribution in [1.82, 2.24) is 35.0 Å². The van der Waals surface area contributed by atoms with E-state index in [9.17, 15) is 13.6 Å². The molecular formula is C31H25F2N7OS. The van der Waals surface area contributed by atoms with Gasteiger partial charge >= 0.3 is 0 Å². The van der Waals surface area contributed by atoms with Gasteiger partial charge < -0.3 is 4.98 Å². The summed E-state index contributed by atoms with van der Waals surface area (Å²) in [6, 6.07) is 7.66. The highest BCUT2D eigenvalue weighted by molar-refractivity contribution is 7.17. The molecule has 11 heteroatoms. The van der Waals surface area contributed by atoms with Crippen molar-refractivity contribution in [2.45, 2.75) is 25.7 Å². The van der Waals surface area contributed by atoms with Gasteiger partial charge in [-0.15, -0.1) is 11.3 Å². The topological polar surface area (TPSA) is 103 Å². The van der Waals surface area contributed by atoms with Gasteiger partial charge in [0, 0.05) is 42.1 Å². The van der Waals surface area contributed by atoms with Crippen LogP contribution >= 0.6 is 11.3 Å². The number of rotatable bonds is 6. The number of halogens is 2. The van der Waals surface area contributed by atoms with Crippen molar-refractivity contribution in [2.75, 3.05) is 19.6 Å². The lowest BCUT2D eigenvalue weighted by Gasteiger charge is -2.16. The molecule has 1 saturated carbocycles. The van der Waals surface area contributed by atoms with Crippen molar-refractivity contribution in [3.8, 4) is 22.0 Å². The Labute approximate surface area is 242 Å². The fraction of sp³-hybridized carbons (Fsp3) is 0.258. The minimum absolute atomic E-state index is 0.0241. The van der Waals surface area contributed by atoms with Crippen LogP contribution in [-0.4, -0.2) is 66.4 Å². The van der Waals surface area contributed by atoms with Crippen LogP contribution in [0.5, 0.6) is 0 Å². The van der Waals surface area contributed by atoms with Gasteiger partial charge in [0.05, 0.1) is 34.3 Å². The molecule has 5 aromatic heterocycles. The Morgan fingerprint density at radius 1 is 1.12 bits per heavy atom. The number of ketones is 1. The normalized spacial score (nSPS) is 19.9. The van der Waals surface area contributed by atoms with Gasteiger partial charge in [0.15, 0.2) is 17.3 Å². The standard InChI is InChI=1S/C31H25F2N7OS/c1-16(41)25-4-5-26(42-25)21-12-34-13-24-27(21)37-30(36-24)29-28-23(38-39-29)3-2-22(35-28)20-9-17(8-18-10-19(18)11-20)14-40-7-6-31(32,33)15-40/h2-5,8-9,11-13,19H,6-7,10,14-15H2,1H3,(H,36,37)(H,38,39). The smallest absolute Gasteiger partial charge is 0.261 e. The number of aromatic amines is 2.